The molecule has 15 heavy (non-hydrogen) atoms. The minimum Gasteiger partial charge on any atom is -0.354 e. The Morgan fingerprint density at radius 1 is 1.47 bits per heavy atom. The summed E-state index contributed by atoms with van der Waals surface area (Å²) >= 11 is 0. The van der Waals surface area contributed by atoms with Crippen LogP contribution < -0.4 is 5.32 Å². The number of nitrogens with zero attached hydrogens (tertiary/aromatic N) is 2. The first-order chi connectivity index (χ1) is 7.26. The number of hydrogen-bond acceptors (Lipinski definition) is 4. The highest BCUT2D eigenvalue weighted by atomic mass is 16.7. The van der Waals surface area contributed by atoms with E-state index in [0.29, 0.717) is 0 Å². The molecule has 0 aliphatic carbocycles. The summed E-state index contributed by atoms with van der Waals surface area (Å²) < 4.78 is 12.3. The maximum atomic E-state index is 5.23. The number of methoxy groups -OCH3 is 2. The topological polar surface area (TPSA) is 48.3 Å². The Balaban J connectivity index is 2.81. The Hall–Kier alpha value is -0.910. The van der Waals surface area contributed by atoms with Crippen molar-refractivity contribution in [3.8, 4) is 0 Å². The van der Waals surface area contributed by atoms with E-state index in [1.54, 1.807) is 14.2 Å². The Bertz CT molecular complexity index is 284. The summed E-state index contributed by atoms with van der Waals surface area (Å²) in [5.41, 5.74) is 1.06. The lowest BCUT2D eigenvalue weighted by Crippen LogP contribution is -2.32. The van der Waals surface area contributed by atoms with E-state index in [2.05, 4.69) is 17.3 Å². The third-order valence-corrected chi connectivity index (χ3v) is 2.38. The Morgan fingerprint density at radius 3 is 2.53 bits per heavy atom. The second-order valence-electron chi connectivity index (χ2n) is 3.24. The average Bonchev–Trinajstić information content (AvgIpc) is 2.73. The van der Waals surface area contributed by atoms with Gasteiger partial charge >= 0.3 is 0 Å². The molecule has 0 spiro atoms. The van der Waals surface area contributed by atoms with Crippen molar-refractivity contribution >= 4 is 0 Å². The van der Waals surface area contributed by atoms with Crippen LogP contribution in [0.5, 0.6) is 0 Å². The van der Waals surface area contributed by atoms with Crippen molar-refractivity contribution in [2.75, 3.05) is 21.3 Å². The smallest absolute Gasteiger partial charge is 0.176 e. The van der Waals surface area contributed by atoms with Crippen LogP contribution in [0.2, 0.25) is 0 Å². The van der Waals surface area contributed by atoms with Gasteiger partial charge in [0.25, 0.3) is 0 Å². The molecule has 0 bridgehead atoms. The number of nitrogens with one attached hydrogen (secondary N) is 1. The Morgan fingerprint density at radius 2 is 2.13 bits per heavy atom. The molecule has 0 saturated heterocycles. The molecule has 0 aliphatic rings. The molecule has 1 atom stereocenters. The van der Waals surface area contributed by atoms with Crippen molar-refractivity contribution in [2.24, 2.45) is 0 Å². The lowest BCUT2D eigenvalue weighted by Gasteiger charge is -2.23. The third kappa shape index (κ3) is 2.77. The molecule has 5 nitrogen and oxygen atoms in total. The molecular formula is C10H19N3O2. The van der Waals surface area contributed by atoms with Gasteiger partial charge in [-0.15, -0.1) is 0 Å². The summed E-state index contributed by atoms with van der Waals surface area (Å²) in [5, 5.41) is 7.37. The van der Waals surface area contributed by atoms with E-state index in [0.717, 1.165) is 12.1 Å². The number of ether oxygens (including phenoxy) is 2. The summed E-state index contributed by atoms with van der Waals surface area (Å²) in [7, 11) is 5.13. The monoisotopic (exact) mass is 213 g/mol. The van der Waals surface area contributed by atoms with Crippen molar-refractivity contribution in [2.45, 2.75) is 25.8 Å². The largest absolute Gasteiger partial charge is 0.354 e. The first-order valence-electron chi connectivity index (χ1n) is 5.02. The molecule has 0 fully saturated rings. The highest BCUT2D eigenvalue weighted by molar-refractivity contribution is 5.11. The first kappa shape index (κ1) is 12.2. The molecule has 1 aromatic heterocycles. The van der Waals surface area contributed by atoms with E-state index in [9.17, 15) is 0 Å². The van der Waals surface area contributed by atoms with Gasteiger partial charge in [-0.05, 0) is 14.0 Å². The zero-order chi connectivity index (χ0) is 11.3. The predicted octanol–water partition coefficient (Wildman–Crippen LogP) is 0.782. The summed E-state index contributed by atoms with van der Waals surface area (Å²) in [6, 6.07) is 0.000278. The van der Waals surface area contributed by atoms with Gasteiger partial charge in [0.2, 0.25) is 0 Å². The van der Waals surface area contributed by atoms with Gasteiger partial charge in [-0.3, -0.25) is 4.68 Å². The van der Waals surface area contributed by atoms with E-state index in [1.165, 1.54) is 0 Å². The van der Waals surface area contributed by atoms with E-state index < -0.39 is 0 Å². The Labute approximate surface area is 90.4 Å². The summed E-state index contributed by atoms with van der Waals surface area (Å²) in [4.78, 5) is 0. The first-order valence-corrected chi connectivity index (χ1v) is 5.02. The number of likely N-dealkylation sites (N-methyl/N-ethyl adjacent to an activating group) is 1. The van der Waals surface area contributed by atoms with Crippen LogP contribution in [0, 0.1) is 0 Å². The quantitative estimate of drug-likeness (QED) is 0.709. The zero-order valence-electron chi connectivity index (χ0n) is 9.73. The number of hydrogen-bond donors (Lipinski definition) is 1. The molecule has 0 radical (unpaired) electrons. The second kappa shape index (κ2) is 5.85. The summed E-state index contributed by atoms with van der Waals surface area (Å²) in [6.45, 7) is 2.91. The minimum absolute atomic E-state index is 0.000278. The van der Waals surface area contributed by atoms with Crippen LogP contribution in [0.3, 0.4) is 0 Å². The lowest BCUT2D eigenvalue weighted by molar-refractivity contribution is -0.123. The van der Waals surface area contributed by atoms with Gasteiger partial charge in [0.15, 0.2) is 6.29 Å². The van der Waals surface area contributed by atoms with Gasteiger partial charge in [-0.25, -0.2) is 0 Å². The number of aryl methyl sites for hydroxylation is 1. The average molecular weight is 213 g/mol. The maximum absolute atomic E-state index is 5.23. The van der Waals surface area contributed by atoms with E-state index in [4.69, 9.17) is 9.47 Å². The molecule has 1 N–H and O–H groups in total. The molecule has 1 unspecified atom stereocenters. The number of aromatic nitrogens is 2. The fraction of sp³-hybridized carbons (Fsp3) is 0.700. The molecule has 1 aromatic rings. The van der Waals surface area contributed by atoms with E-state index in [1.807, 2.05) is 24.1 Å². The van der Waals surface area contributed by atoms with Crippen LogP contribution in [-0.2, 0) is 16.0 Å². The zero-order valence-corrected chi connectivity index (χ0v) is 9.73. The normalized spacial score (nSPS) is 13.4. The van der Waals surface area contributed by atoms with Crippen LogP contribution in [0.1, 0.15) is 18.5 Å². The van der Waals surface area contributed by atoms with Crippen molar-refractivity contribution in [3.63, 3.8) is 0 Å². The van der Waals surface area contributed by atoms with Gasteiger partial charge in [0, 0.05) is 32.5 Å². The molecule has 5 heteroatoms. The van der Waals surface area contributed by atoms with Crippen LogP contribution in [0.4, 0.5) is 0 Å². The molecule has 0 amide bonds. The van der Waals surface area contributed by atoms with Crippen LogP contribution in [0.15, 0.2) is 12.4 Å². The molecule has 0 aromatic carbocycles. The van der Waals surface area contributed by atoms with Gasteiger partial charge in [-0.2, -0.15) is 5.10 Å². The maximum Gasteiger partial charge on any atom is 0.176 e. The molecular weight excluding hydrogens is 194 g/mol. The van der Waals surface area contributed by atoms with Crippen LogP contribution in [-0.4, -0.2) is 37.3 Å². The second-order valence-corrected chi connectivity index (χ2v) is 3.24. The van der Waals surface area contributed by atoms with Gasteiger partial charge < -0.3 is 14.8 Å². The van der Waals surface area contributed by atoms with Crippen molar-refractivity contribution in [3.05, 3.63) is 18.0 Å². The van der Waals surface area contributed by atoms with Crippen molar-refractivity contribution in [1.29, 1.82) is 0 Å². The fourth-order valence-corrected chi connectivity index (χ4v) is 1.54. The standard InChI is InChI=1S/C10H19N3O2/c1-5-13-7-8(6-12-13)9(11-2)10(14-3)15-4/h6-7,9-11H,5H2,1-4H3. The van der Waals surface area contributed by atoms with Gasteiger partial charge in [-0.1, -0.05) is 0 Å². The van der Waals surface area contributed by atoms with E-state index in [-0.39, 0.29) is 12.3 Å². The molecule has 1 heterocycles. The molecule has 0 aliphatic heterocycles. The molecule has 86 valence electrons. The third-order valence-electron chi connectivity index (χ3n) is 2.38. The van der Waals surface area contributed by atoms with Crippen LogP contribution >= 0.6 is 0 Å². The van der Waals surface area contributed by atoms with Crippen LogP contribution in [0.25, 0.3) is 0 Å². The fourth-order valence-electron chi connectivity index (χ4n) is 1.54. The van der Waals surface area contributed by atoms with E-state index >= 15 is 0 Å². The summed E-state index contributed by atoms with van der Waals surface area (Å²) in [5.74, 6) is 0. The molecule has 0 saturated carbocycles. The van der Waals surface area contributed by atoms with Crippen molar-refractivity contribution < 1.29 is 9.47 Å². The van der Waals surface area contributed by atoms with Gasteiger partial charge in [0.05, 0.1) is 12.2 Å². The Kier molecular flexibility index (Phi) is 4.74. The minimum atomic E-state index is -0.301. The highest BCUT2D eigenvalue weighted by Gasteiger charge is 2.22. The predicted molar refractivity (Wildman–Crippen MR) is 57.5 cm³/mol. The summed E-state index contributed by atoms with van der Waals surface area (Å²) in [6.07, 6.45) is 3.52. The number of rotatable bonds is 6. The van der Waals surface area contributed by atoms with Crippen molar-refractivity contribution in [1.82, 2.24) is 15.1 Å². The van der Waals surface area contributed by atoms with Gasteiger partial charge in [0.1, 0.15) is 0 Å². The lowest BCUT2D eigenvalue weighted by atomic mass is 10.1. The SMILES string of the molecule is CCn1cc(C(NC)C(OC)OC)cn1. The highest BCUT2D eigenvalue weighted by Crippen LogP contribution is 2.18. The molecule has 1 rings (SSSR count).